The molecule has 110 valence electrons. The van der Waals surface area contributed by atoms with Gasteiger partial charge in [0.2, 0.25) is 6.79 Å². The number of nitrogens with zero attached hydrogens (tertiary/aromatic N) is 1. The normalized spacial score (nSPS) is 20.1. The topological polar surface area (TPSA) is 43.0 Å². The first-order valence-electron chi connectivity index (χ1n) is 7.23. The van der Waals surface area contributed by atoms with Crippen molar-refractivity contribution in [2.75, 3.05) is 39.6 Å². The maximum Gasteiger partial charge on any atom is 0.231 e. The molecule has 1 aromatic carbocycles. The minimum atomic E-state index is 0.333. The van der Waals surface area contributed by atoms with Gasteiger partial charge < -0.3 is 19.5 Å². The Morgan fingerprint density at radius 3 is 2.85 bits per heavy atom. The number of morpholine rings is 1. The Hall–Kier alpha value is -1.30. The van der Waals surface area contributed by atoms with Crippen LogP contribution in [-0.2, 0) is 11.3 Å². The van der Waals surface area contributed by atoms with Crippen molar-refractivity contribution in [2.45, 2.75) is 19.5 Å². The minimum Gasteiger partial charge on any atom is -0.454 e. The molecule has 1 atom stereocenters. The van der Waals surface area contributed by atoms with E-state index in [1.165, 1.54) is 5.56 Å². The first-order chi connectivity index (χ1) is 9.81. The first-order valence-corrected chi connectivity index (χ1v) is 7.23. The molecule has 20 heavy (non-hydrogen) atoms. The number of rotatable bonds is 5. The highest BCUT2D eigenvalue weighted by Gasteiger charge is 2.15. The summed E-state index contributed by atoms with van der Waals surface area (Å²) in [5.41, 5.74) is 1.23. The molecule has 2 heterocycles. The van der Waals surface area contributed by atoms with Crippen LogP contribution in [0.25, 0.3) is 0 Å². The van der Waals surface area contributed by atoms with Gasteiger partial charge in [0.25, 0.3) is 0 Å². The van der Waals surface area contributed by atoms with E-state index in [1.54, 1.807) is 0 Å². The third-order valence-electron chi connectivity index (χ3n) is 3.73. The van der Waals surface area contributed by atoms with Crippen molar-refractivity contribution in [1.29, 1.82) is 0 Å². The summed E-state index contributed by atoms with van der Waals surface area (Å²) in [6.07, 6.45) is 0. The van der Waals surface area contributed by atoms with Crippen LogP contribution >= 0.6 is 0 Å². The molecule has 0 bridgehead atoms. The Labute approximate surface area is 119 Å². The van der Waals surface area contributed by atoms with Gasteiger partial charge in [-0.15, -0.1) is 0 Å². The Balaban J connectivity index is 1.46. The molecular weight excluding hydrogens is 256 g/mol. The number of nitrogens with one attached hydrogen (secondary N) is 1. The average Bonchev–Trinajstić information content (AvgIpc) is 2.93. The van der Waals surface area contributed by atoms with Gasteiger partial charge in [0.1, 0.15) is 0 Å². The quantitative estimate of drug-likeness (QED) is 0.877. The smallest absolute Gasteiger partial charge is 0.231 e. The fourth-order valence-electron chi connectivity index (χ4n) is 2.58. The number of hydrogen-bond acceptors (Lipinski definition) is 5. The van der Waals surface area contributed by atoms with Gasteiger partial charge in [0, 0.05) is 32.2 Å². The lowest BCUT2D eigenvalue weighted by molar-refractivity contribution is 0.0343. The van der Waals surface area contributed by atoms with Crippen molar-refractivity contribution in [3.63, 3.8) is 0 Å². The van der Waals surface area contributed by atoms with Gasteiger partial charge in [-0.05, 0) is 24.6 Å². The molecule has 2 aliphatic heterocycles. The minimum absolute atomic E-state index is 0.333. The molecule has 0 aliphatic carbocycles. The van der Waals surface area contributed by atoms with Crippen molar-refractivity contribution >= 4 is 0 Å². The second-order valence-electron chi connectivity index (χ2n) is 5.38. The maximum absolute atomic E-state index is 5.40. The highest BCUT2D eigenvalue weighted by molar-refractivity contribution is 5.44. The highest BCUT2D eigenvalue weighted by atomic mass is 16.7. The predicted octanol–water partition coefficient (Wildman–Crippen LogP) is 1.23. The van der Waals surface area contributed by atoms with Crippen LogP contribution in [0.15, 0.2) is 18.2 Å². The zero-order chi connectivity index (χ0) is 13.8. The fraction of sp³-hybridized carbons (Fsp3) is 0.600. The molecule has 1 aromatic rings. The molecule has 1 fully saturated rings. The van der Waals surface area contributed by atoms with Gasteiger partial charge in [-0.1, -0.05) is 6.07 Å². The molecule has 0 radical (unpaired) electrons. The van der Waals surface area contributed by atoms with E-state index >= 15 is 0 Å². The van der Waals surface area contributed by atoms with E-state index < -0.39 is 0 Å². The summed E-state index contributed by atoms with van der Waals surface area (Å²) in [6, 6.07) is 6.57. The van der Waals surface area contributed by atoms with Crippen LogP contribution in [0.3, 0.4) is 0 Å². The molecule has 0 amide bonds. The molecule has 5 nitrogen and oxygen atoms in total. The SMILES string of the molecule is CC(CN1CCOCC1)NCc1ccc2c(c1)OCO2. The van der Waals surface area contributed by atoms with Gasteiger partial charge in [0.05, 0.1) is 13.2 Å². The largest absolute Gasteiger partial charge is 0.454 e. The molecular formula is C15H22N2O3. The highest BCUT2D eigenvalue weighted by Crippen LogP contribution is 2.32. The molecule has 1 saturated heterocycles. The van der Waals surface area contributed by atoms with Crippen molar-refractivity contribution in [3.05, 3.63) is 23.8 Å². The van der Waals surface area contributed by atoms with Crippen LogP contribution in [0.1, 0.15) is 12.5 Å². The van der Waals surface area contributed by atoms with Crippen molar-refractivity contribution < 1.29 is 14.2 Å². The lowest BCUT2D eigenvalue weighted by Gasteiger charge is -2.29. The molecule has 0 spiro atoms. The number of fused-ring (bicyclic) bond motifs is 1. The number of benzene rings is 1. The summed E-state index contributed by atoms with van der Waals surface area (Å²) in [6.45, 7) is 8.26. The maximum atomic E-state index is 5.40. The van der Waals surface area contributed by atoms with Crippen molar-refractivity contribution in [2.24, 2.45) is 0 Å². The molecule has 0 aromatic heterocycles. The average molecular weight is 278 g/mol. The van der Waals surface area contributed by atoms with E-state index in [1.807, 2.05) is 6.07 Å². The monoisotopic (exact) mass is 278 g/mol. The van der Waals surface area contributed by atoms with Gasteiger partial charge in [-0.3, -0.25) is 4.90 Å². The van der Waals surface area contributed by atoms with Crippen LogP contribution in [0.5, 0.6) is 11.5 Å². The Kier molecular flexibility index (Phi) is 4.40. The van der Waals surface area contributed by atoms with Crippen LogP contribution < -0.4 is 14.8 Å². The summed E-state index contributed by atoms with van der Waals surface area (Å²) < 4.78 is 16.1. The summed E-state index contributed by atoms with van der Waals surface area (Å²) >= 11 is 0. The van der Waals surface area contributed by atoms with Crippen LogP contribution in [-0.4, -0.2) is 50.6 Å². The summed E-state index contributed by atoms with van der Waals surface area (Å²) in [5, 5.41) is 3.56. The summed E-state index contributed by atoms with van der Waals surface area (Å²) in [4.78, 5) is 2.45. The Morgan fingerprint density at radius 1 is 1.20 bits per heavy atom. The predicted molar refractivity (Wildman–Crippen MR) is 76.1 cm³/mol. The number of ether oxygens (including phenoxy) is 3. The van der Waals surface area contributed by atoms with Crippen LogP contribution in [0.2, 0.25) is 0 Å². The fourth-order valence-corrected chi connectivity index (χ4v) is 2.58. The van der Waals surface area contributed by atoms with E-state index in [4.69, 9.17) is 14.2 Å². The van der Waals surface area contributed by atoms with E-state index in [-0.39, 0.29) is 0 Å². The summed E-state index contributed by atoms with van der Waals surface area (Å²) in [7, 11) is 0. The third-order valence-corrected chi connectivity index (χ3v) is 3.73. The van der Waals surface area contributed by atoms with Gasteiger partial charge >= 0.3 is 0 Å². The van der Waals surface area contributed by atoms with Crippen molar-refractivity contribution in [3.8, 4) is 11.5 Å². The molecule has 0 saturated carbocycles. The zero-order valence-electron chi connectivity index (χ0n) is 11.9. The van der Waals surface area contributed by atoms with Gasteiger partial charge in [0.15, 0.2) is 11.5 Å². The van der Waals surface area contributed by atoms with E-state index in [2.05, 4.69) is 29.3 Å². The molecule has 1 N–H and O–H groups in total. The van der Waals surface area contributed by atoms with E-state index in [9.17, 15) is 0 Å². The molecule has 3 rings (SSSR count). The van der Waals surface area contributed by atoms with Crippen LogP contribution in [0.4, 0.5) is 0 Å². The molecule has 2 aliphatic rings. The second-order valence-corrected chi connectivity index (χ2v) is 5.38. The lowest BCUT2D eigenvalue weighted by atomic mass is 10.2. The zero-order valence-corrected chi connectivity index (χ0v) is 11.9. The summed E-state index contributed by atoms with van der Waals surface area (Å²) in [5.74, 6) is 1.69. The van der Waals surface area contributed by atoms with Crippen LogP contribution in [0, 0.1) is 0 Å². The number of hydrogen-bond donors (Lipinski definition) is 1. The van der Waals surface area contributed by atoms with Gasteiger partial charge in [-0.2, -0.15) is 0 Å². The molecule has 5 heteroatoms. The van der Waals surface area contributed by atoms with E-state index in [0.717, 1.165) is 50.9 Å². The lowest BCUT2D eigenvalue weighted by Crippen LogP contribution is -2.44. The second kappa shape index (κ2) is 6.43. The standard InChI is InChI=1S/C15H22N2O3/c1-12(10-17-4-6-18-7-5-17)16-9-13-2-3-14-15(8-13)20-11-19-14/h2-3,8,12,16H,4-7,9-11H2,1H3. The third kappa shape index (κ3) is 3.42. The molecule has 1 unspecified atom stereocenters. The Morgan fingerprint density at radius 2 is 2.00 bits per heavy atom. The first kappa shape index (κ1) is 13.7. The van der Waals surface area contributed by atoms with E-state index in [0.29, 0.717) is 12.8 Å². The Bertz CT molecular complexity index is 447. The van der Waals surface area contributed by atoms with Gasteiger partial charge in [-0.25, -0.2) is 0 Å². The van der Waals surface area contributed by atoms with Crippen molar-refractivity contribution in [1.82, 2.24) is 10.2 Å².